The van der Waals surface area contributed by atoms with E-state index in [9.17, 15) is 8.78 Å². The van der Waals surface area contributed by atoms with Crippen molar-refractivity contribution in [1.82, 2.24) is 29.4 Å². The molecule has 0 amide bonds. The van der Waals surface area contributed by atoms with E-state index in [0.717, 1.165) is 36.1 Å². The Kier molecular flexibility index (Phi) is 4.42. The zero-order valence-corrected chi connectivity index (χ0v) is 15.6. The number of halogens is 2. The lowest BCUT2D eigenvalue weighted by Crippen LogP contribution is -2.32. The molecule has 3 aromatic heterocycles. The van der Waals surface area contributed by atoms with Crippen LogP contribution in [0.4, 0.5) is 14.6 Å². The first-order chi connectivity index (χ1) is 14.2. The number of nitrogens with zero attached hydrogens (tertiary/aromatic N) is 7. The Labute approximate surface area is 165 Å². The van der Waals surface area contributed by atoms with Gasteiger partial charge in [-0.15, -0.1) is 15.3 Å². The van der Waals surface area contributed by atoms with Gasteiger partial charge in [-0.3, -0.25) is 0 Å². The molecule has 0 atom stereocenters. The number of aromatic nitrogens is 6. The molecule has 0 bridgehead atoms. The Bertz CT molecular complexity index is 1140. The van der Waals surface area contributed by atoms with Gasteiger partial charge in [0.05, 0.1) is 18.6 Å². The molecule has 5 rings (SSSR count). The van der Waals surface area contributed by atoms with Gasteiger partial charge in [-0.25, -0.2) is 13.8 Å². The number of aryl methyl sites for hydroxylation is 2. The molecule has 7 nitrogen and oxygen atoms in total. The van der Waals surface area contributed by atoms with Crippen molar-refractivity contribution in [3.05, 3.63) is 71.6 Å². The fourth-order valence-corrected chi connectivity index (χ4v) is 3.75. The lowest BCUT2D eigenvalue weighted by atomic mass is 10.1. The summed E-state index contributed by atoms with van der Waals surface area (Å²) in [6.45, 7) is 2.22. The molecule has 1 aromatic carbocycles. The summed E-state index contributed by atoms with van der Waals surface area (Å²) in [5.41, 5.74) is 3.85. The van der Waals surface area contributed by atoms with Gasteiger partial charge in [-0.05, 0) is 24.1 Å². The fourth-order valence-electron chi connectivity index (χ4n) is 3.75. The highest BCUT2D eigenvalue weighted by Gasteiger charge is 2.23. The number of fused-ring (bicyclic) bond motifs is 2. The minimum Gasteiger partial charge on any atom is -0.349 e. The van der Waals surface area contributed by atoms with E-state index >= 15 is 0 Å². The summed E-state index contributed by atoms with van der Waals surface area (Å²) in [6.07, 6.45) is 0.951. The van der Waals surface area contributed by atoms with Crippen LogP contribution in [0.25, 0.3) is 5.65 Å². The third kappa shape index (κ3) is 3.32. The molecular formula is C20H19F2N7. The molecule has 0 fully saturated rings. The van der Waals surface area contributed by atoms with E-state index in [0.29, 0.717) is 18.0 Å². The molecule has 1 aliphatic heterocycles. The SMILES string of the molecule is FC(F)c1nnc2ccc(N3CCc4c(ncn4CCc4ccccc4)C3)nn12. The van der Waals surface area contributed by atoms with Crippen molar-refractivity contribution in [2.75, 3.05) is 11.4 Å². The first kappa shape index (κ1) is 17.7. The molecule has 148 valence electrons. The zero-order valence-electron chi connectivity index (χ0n) is 15.6. The molecule has 0 saturated heterocycles. The van der Waals surface area contributed by atoms with Crippen molar-refractivity contribution in [3.63, 3.8) is 0 Å². The molecule has 1 aliphatic rings. The Morgan fingerprint density at radius 1 is 1.03 bits per heavy atom. The number of rotatable bonds is 5. The highest BCUT2D eigenvalue weighted by molar-refractivity contribution is 5.47. The second-order valence-electron chi connectivity index (χ2n) is 7.06. The van der Waals surface area contributed by atoms with Crippen LogP contribution < -0.4 is 4.90 Å². The summed E-state index contributed by atoms with van der Waals surface area (Å²) in [6, 6.07) is 13.8. The van der Waals surface area contributed by atoms with Crippen LogP contribution >= 0.6 is 0 Å². The second-order valence-corrected chi connectivity index (χ2v) is 7.06. The monoisotopic (exact) mass is 395 g/mol. The van der Waals surface area contributed by atoms with Gasteiger partial charge in [0, 0.05) is 25.2 Å². The maximum absolute atomic E-state index is 13.1. The van der Waals surface area contributed by atoms with E-state index in [1.54, 1.807) is 12.1 Å². The second kappa shape index (κ2) is 7.23. The van der Waals surface area contributed by atoms with Crippen molar-refractivity contribution in [3.8, 4) is 0 Å². The van der Waals surface area contributed by atoms with Crippen molar-refractivity contribution in [2.45, 2.75) is 32.4 Å². The first-order valence-electron chi connectivity index (χ1n) is 9.51. The maximum Gasteiger partial charge on any atom is 0.299 e. The van der Waals surface area contributed by atoms with Crippen LogP contribution in [0.3, 0.4) is 0 Å². The quantitative estimate of drug-likeness (QED) is 0.520. The predicted molar refractivity (Wildman–Crippen MR) is 103 cm³/mol. The van der Waals surface area contributed by atoms with Gasteiger partial charge in [0.2, 0.25) is 5.82 Å². The van der Waals surface area contributed by atoms with Crippen molar-refractivity contribution in [1.29, 1.82) is 0 Å². The molecule has 0 aliphatic carbocycles. The van der Waals surface area contributed by atoms with Crippen LogP contribution in [-0.2, 0) is 25.9 Å². The first-order valence-corrected chi connectivity index (χ1v) is 9.51. The van der Waals surface area contributed by atoms with Crippen molar-refractivity contribution in [2.24, 2.45) is 0 Å². The highest BCUT2D eigenvalue weighted by atomic mass is 19.3. The average Bonchev–Trinajstić information content (AvgIpc) is 3.36. The summed E-state index contributed by atoms with van der Waals surface area (Å²) in [5, 5.41) is 11.6. The minimum atomic E-state index is -2.72. The lowest BCUT2D eigenvalue weighted by molar-refractivity contribution is 0.137. The van der Waals surface area contributed by atoms with Gasteiger partial charge < -0.3 is 9.47 Å². The van der Waals surface area contributed by atoms with E-state index in [1.165, 1.54) is 11.3 Å². The van der Waals surface area contributed by atoms with Gasteiger partial charge in [0.25, 0.3) is 6.43 Å². The molecule has 0 spiro atoms. The number of anilines is 1. The molecule has 9 heteroatoms. The summed E-state index contributed by atoms with van der Waals surface area (Å²) < 4.78 is 29.6. The zero-order chi connectivity index (χ0) is 19.8. The molecule has 4 heterocycles. The molecule has 0 saturated carbocycles. The summed E-state index contributed by atoms with van der Waals surface area (Å²) in [4.78, 5) is 6.63. The molecular weight excluding hydrogens is 376 g/mol. The predicted octanol–water partition coefficient (Wildman–Crippen LogP) is 3.06. The van der Waals surface area contributed by atoms with E-state index in [2.05, 4.69) is 49.1 Å². The average molecular weight is 395 g/mol. The molecule has 4 aromatic rings. The summed E-state index contributed by atoms with van der Waals surface area (Å²) in [5.74, 6) is 0.174. The largest absolute Gasteiger partial charge is 0.349 e. The van der Waals surface area contributed by atoms with Crippen LogP contribution in [0.2, 0.25) is 0 Å². The van der Waals surface area contributed by atoms with Crippen LogP contribution in [0.15, 0.2) is 48.8 Å². The molecule has 0 radical (unpaired) electrons. The van der Waals surface area contributed by atoms with Crippen molar-refractivity contribution >= 4 is 11.5 Å². The van der Waals surface area contributed by atoms with Crippen LogP contribution in [0.5, 0.6) is 0 Å². The lowest BCUT2D eigenvalue weighted by Gasteiger charge is -2.28. The van der Waals surface area contributed by atoms with Crippen LogP contribution in [0, 0.1) is 0 Å². The number of hydrogen-bond acceptors (Lipinski definition) is 5. The van der Waals surface area contributed by atoms with Gasteiger partial charge in [0.15, 0.2) is 5.65 Å². The minimum absolute atomic E-state index is 0.312. The maximum atomic E-state index is 13.1. The van der Waals surface area contributed by atoms with E-state index < -0.39 is 12.2 Å². The topological polar surface area (TPSA) is 64.1 Å². The van der Waals surface area contributed by atoms with Crippen molar-refractivity contribution < 1.29 is 8.78 Å². The number of benzene rings is 1. The van der Waals surface area contributed by atoms with Crippen LogP contribution in [-0.4, -0.2) is 35.9 Å². The molecule has 0 unspecified atom stereocenters. The van der Waals surface area contributed by atoms with Gasteiger partial charge in [-0.2, -0.15) is 4.52 Å². The molecule has 0 N–H and O–H groups in total. The number of alkyl halides is 2. The van der Waals surface area contributed by atoms with Gasteiger partial charge in [-0.1, -0.05) is 30.3 Å². The van der Waals surface area contributed by atoms with Gasteiger partial charge >= 0.3 is 0 Å². The van der Waals surface area contributed by atoms with Crippen LogP contribution in [0.1, 0.15) is 29.2 Å². The number of hydrogen-bond donors (Lipinski definition) is 0. The van der Waals surface area contributed by atoms with E-state index in [-0.39, 0.29) is 0 Å². The number of imidazole rings is 1. The summed E-state index contributed by atoms with van der Waals surface area (Å²) in [7, 11) is 0. The summed E-state index contributed by atoms with van der Waals surface area (Å²) >= 11 is 0. The van der Waals surface area contributed by atoms with E-state index in [4.69, 9.17) is 0 Å². The smallest absolute Gasteiger partial charge is 0.299 e. The Morgan fingerprint density at radius 3 is 2.72 bits per heavy atom. The standard InChI is InChI=1S/C20H19F2N7/c21-19(22)20-25-24-17-6-7-18(26-29(17)20)27-11-9-16-15(12-27)23-13-28(16)10-8-14-4-2-1-3-5-14/h1-7,13,19H,8-12H2. The van der Waals surface area contributed by atoms with E-state index in [1.807, 2.05) is 17.3 Å². The Morgan fingerprint density at radius 2 is 1.90 bits per heavy atom. The Balaban J connectivity index is 1.34. The Hall–Kier alpha value is -3.36. The third-order valence-corrected chi connectivity index (χ3v) is 5.27. The normalized spacial score (nSPS) is 14.0. The fraction of sp³-hybridized carbons (Fsp3) is 0.300. The third-order valence-electron chi connectivity index (χ3n) is 5.27. The molecule has 29 heavy (non-hydrogen) atoms. The van der Waals surface area contributed by atoms with Gasteiger partial charge in [0.1, 0.15) is 5.82 Å². The highest BCUT2D eigenvalue weighted by Crippen LogP contribution is 2.24.